The Kier molecular flexibility index (Phi) is 0.571. The fourth-order valence-electron chi connectivity index (χ4n) is 1.02. The van der Waals surface area contributed by atoms with Gasteiger partial charge < -0.3 is 4.74 Å². The van der Waals surface area contributed by atoms with Gasteiger partial charge in [0.15, 0.2) is 0 Å². The quantitative estimate of drug-likeness (QED) is 0.426. The molecule has 1 aliphatic heterocycles. The zero-order chi connectivity index (χ0) is 5.61. The summed E-state index contributed by atoms with van der Waals surface area (Å²) in [5.74, 6) is 0. The van der Waals surface area contributed by atoms with Gasteiger partial charge in [0.1, 0.15) is 11.7 Å². The minimum Gasteiger partial charge on any atom is -0.357 e. The maximum atomic E-state index is 5.29. The van der Waals surface area contributed by atoms with Gasteiger partial charge in [-0.25, -0.2) is 0 Å². The first-order valence-electron chi connectivity index (χ1n) is 2.85. The van der Waals surface area contributed by atoms with Gasteiger partial charge in [0.05, 0.1) is 0 Å². The van der Waals surface area contributed by atoms with Crippen LogP contribution in [0.4, 0.5) is 0 Å². The van der Waals surface area contributed by atoms with Gasteiger partial charge >= 0.3 is 0 Å². The van der Waals surface area contributed by atoms with Gasteiger partial charge in [-0.05, 0) is 6.92 Å². The van der Waals surface area contributed by atoms with Crippen LogP contribution in [0, 0.1) is 0 Å². The molecular weight excluding hydrogens is 100 g/mol. The molecule has 0 amide bonds. The summed E-state index contributed by atoms with van der Waals surface area (Å²) in [5, 5.41) is 0. The number of epoxide rings is 1. The van der Waals surface area contributed by atoms with E-state index in [4.69, 9.17) is 4.74 Å². The van der Waals surface area contributed by atoms with Crippen molar-refractivity contribution >= 4 is 0 Å². The molecule has 2 atom stereocenters. The molecule has 1 saturated heterocycles. The average molecular weight is 108 g/mol. The third-order valence-electron chi connectivity index (χ3n) is 1.71. The Labute approximate surface area is 48.7 Å². The first-order valence-corrected chi connectivity index (χ1v) is 2.85. The SMILES string of the molecule is C[C@@]12C=CC=C[C@@H]1O2. The molecule has 1 heterocycles. The highest BCUT2D eigenvalue weighted by atomic mass is 16.6. The lowest BCUT2D eigenvalue weighted by Crippen LogP contribution is -2.04. The molecule has 0 bridgehead atoms. The van der Waals surface area contributed by atoms with Crippen LogP contribution in [-0.2, 0) is 4.74 Å². The summed E-state index contributed by atoms with van der Waals surface area (Å²) in [6.07, 6.45) is 8.62. The van der Waals surface area contributed by atoms with E-state index in [0.29, 0.717) is 6.10 Å². The van der Waals surface area contributed by atoms with Gasteiger partial charge in [0.25, 0.3) is 0 Å². The first-order chi connectivity index (χ1) is 3.81. The van der Waals surface area contributed by atoms with Crippen molar-refractivity contribution in [1.82, 2.24) is 0 Å². The maximum absolute atomic E-state index is 5.29. The lowest BCUT2D eigenvalue weighted by molar-refractivity contribution is 0.357. The molecule has 0 saturated carbocycles. The van der Waals surface area contributed by atoms with Crippen molar-refractivity contribution in [1.29, 1.82) is 0 Å². The second kappa shape index (κ2) is 1.06. The normalized spacial score (nSPS) is 48.9. The van der Waals surface area contributed by atoms with Crippen LogP contribution in [0.5, 0.6) is 0 Å². The molecule has 1 heteroatoms. The van der Waals surface area contributed by atoms with Crippen molar-refractivity contribution in [2.45, 2.75) is 18.6 Å². The summed E-state index contributed by atoms with van der Waals surface area (Å²) in [5.41, 5.74) is 0.0781. The molecule has 0 aromatic rings. The van der Waals surface area contributed by atoms with Crippen LogP contribution in [0.2, 0.25) is 0 Å². The molecule has 8 heavy (non-hydrogen) atoms. The Morgan fingerprint density at radius 2 is 2.38 bits per heavy atom. The molecule has 2 aliphatic rings. The molecular formula is C7H8O. The van der Waals surface area contributed by atoms with Gasteiger partial charge in [0.2, 0.25) is 0 Å². The molecule has 2 rings (SSSR count). The van der Waals surface area contributed by atoms with Crippen LogP contribution in [0.25, 0.3) is 0 Å². The summed E-state index contributed by atoms with van der Waals surface area (Å²) in [4.78, 5) is 0. The summed E-state index contributed by atoms with van der Waals surface area (Å²) >= 11 is 0. The monoisotopic (exact) mass is 108 g/mol. The van der Waals surface area contributed by atoms with Crippen LogP contribution in [0.3, 0.4) is 0 Å². The van der Waals surface area contributed by atoms with Gasteiger partial charge in [-0.1, -0.05) is 24.3 Å². The molecule has 0 spiro atoms. The van der Waals surface area contributed by atoms with Crippen molar-refractivity contribution in [2.75, 3.05) is 0 Å². The van der Waals surface area contributed by atoms with E-state index in [-0.39, 0.29) is 5.60 Å². The molecule has 0 radical (unpaired) electrons. The third kappa shape index (κ3) is 0.397. The second-order valence-electron chi connectivity index (χ2n) is 2.47. The Balaban J connectivity index is 2.33. The molecule has 42 valence electrons. The Bertz CT molecular complexity index is 169. The van der Waals surface area contributed by atoms with E-state index in [9.17, 15) is 0 Å². The van der Waals surface area contributed by atoms with E-state index in [1.165, 1.54) is 0 Å². The highest BCUT2D eigenvalue weighted by molar-refractivity contribution is 5.29. The van der Waals surface area contributed by atoms with Gasteiger partial charge in [-0.2, -0.15) is 0 Å². The Hall–Kier alpha value is -0.560. The molecule has 0 aromatic heterocycles. The predicted molar refractivity (Wildman–Crippen MR) is 31.6 cm³/mol. The lowest BCUT2D eigenvalue weighted by Gasteiger charge is -1.96. The van der Waals surface area contributed by atoms with Crippen molar-refractivity contribution in [3.63, 3.8) is 0 Å². The average Bonchev–Trinajstić information content (AvgIpc) is 2.39. The van der Waals surface area contributed by atoms with Gasteiger partial charge in [-0.3, -0.25) is 0 Å². The summed E-state index contributed by atoms with van der Waals surface area (Å²) in [6, 6.07) is 0. The summed E-state index contributed by atoms with van der Waals surface area (Å²) in [6.45, 7) is 2.09. The molecule has 1 nitrogen and oxygen atoms in total. The van der Waals surface area contributed by atoms with Crippen molar-refractivity contribution < 1.29 is 4.74 Å². The van der Waals surface area contributed by atoms with Crippen LogP contribution in [0.15, 0.2) is 24.3 Å². The van der Waals surface area contributed by atoms with Crippen LogP contribution < -0.4 is 0 Å². The van der Waals surface area contributed by atoms with E-state index in [1.807, 2.05) is 12.2 Å². The number of hydrogen-bond donors (Lipinski definition) is 0. The molecule has 1 aliphatic carbocycles. The van der Waals surface area contributed by atoms with E-state index < -0.39 is 0 Å². The number of rotatable bonds is 0. The zero-order valence-corrected chi connectivity index (χ0v) is 4.79. The van der Waals surface area contributed by atoms with E-state index in [1.54, 1.807) is 0 Å². The number of ether oxygens (including phenoxy) is 1. The predicted octanol–water partition coefficient (Wildman–Crippen LogP) is 1.27. The van der Waals surface area contributed by atoms with Crippen molar-refractivity contribution in [2.24, 2.45) is 0 Å². The molecule has 1 fully saturated rings. The largest absolute Gasteiger partial charge is 0.357 e. The first kappa shape index (κ1) is 4.33. The highest BCUT2D eigenvalue weighted by Gasteiger charge is 2.49. The number of fused-ring (bicyclic) bond motifs is 1. The van der Waals surface area contributed by atoms with E-state index in [2.05, 4.69) is 19.1 Å². The van der Waals surface area contributed by atoms with Crippen molar-refractivity contribution in [3.8, 4) is 0 Å². The summed E-state index contributed by atoms with van der Waals surface area (Å²) < 4.78 is 5.29. The number of hydrogen-bond acceptors (Lipinski definition) is 1. The van der Waals surface area contributed by atoms with Crippen LogP contribution >= 0.6 is 0 Å². The summed E-state index contributed by atoms with van der Waals surface area (Å²) in [7, 11) is 0. The lowest BCUT2D eigenvalue weighted by atomic mass is 10.0. The van der Waals surface area contributed by atoms with Crippen molar-refractivity contribution in [3.05, 3.63) is 24.3 Å². The second-order valence-corrected chi connectivity index (χ2v) is 2.47. The molecule has 0 N–H and O–H groups in total. The smallest absolute Gasteiger partial charge is 0.114 e. The minimum absolute atomic E-state index is 0.0781. The highest BCUT2D eigenvalue weighted by Crippen LogP contribution is 2.40. The van der Waals surface area contributed by atoms with E-state index in [0.717, 1.165) is 0 Å². The van der Waals surface area contributed by atoms with Gasteiger partial charge in [0, 0.05) is 0 Å². The fraction of sp³-hybridized carbons (Fsp3) is 0.429. The van der Waals surface area contributed by atoms with Crippen LogP contribution in [-0.4, -0.2) is 11.7 Å². The Morgan fingerprint density at radius 1 is 1.50 bits per heavy atom. The molecule has 0 unspecified atom stereocenters. The maximum Gasteiger partial charge on any atom is 0.114 e. The molecule has 0 aromatic carbocycles. The van der Waals surface area contributed by atoms with Crippen LogP contribution in [0.1, 0.15) is 6.92 Å². The standard InChI is InChI=1S/C7H8O/c1-7-5-3-2-4-6(7)8-7/h2-6H,1H3/t6-,7+/m0/s1. The van der Waals surface area contributed by atoms with Gasteiger partial charge in [-0.15, -0.1) is 0 Å². The fourth-order valence-corrected chi connectivity index (χ4v) is 1.02. The number of allylic oxidation sites excluding steroid dienone is 2. The minimum atomic E-state index is 0.0781. The Morgan fingerprint density at radius 3 is 2.88 bits per heavy atom. The topological polar surface area (TPSA) is 12.5 Å². The zero-order valence-electron chi connectivity index (χ0n) is 4.79. The third-order valence-corrected chi connectivity index (χ3v) is 1.71. The van der Waals surface area contributed by atoms with E-state index >= 15 is 0 Å².